The molecule has 2 fully saturated rings. The second kappa shape index (κ2) is 5.60. The molecule has 18 heavy (non-hydrogen) atoms. The lowest BCUT2D eigenvalue weighted by Crippen LogP contribution is -2.38. The summed E-state index contributed by atoms with van der Waals surface area (Å²) in [4.78, 5) is 12.0. The number of nitrogens with one attached hydrogen (secondary N) is 1. The smallest absolute Gasteiger partial charge is 0.220 e. The van der Waals surface area contributed by atoms with Crippen LogP contribution in [-0.2, 0) is 4.79 Å². The molecule has 104 valence electrons. The predicted octanol–water partition coefficient (Wildman–Crippen LogP) is 2.45. The van der Waals surface area contributed by atoms with E-state index in [1.165, 1.54) is 25.7 Å². The van der Waals surface area contributed by atoms with Crippen molar-refractivity contribution in [2.45, 2.75) is 64.8 Å². The fourth-order valence-electron chi connectivity index (χ4n) is 3.67. The van der Waals surface area contributed by atoms with E-state index >= 15 is 0 Å². The standard InChI is InChI=1S/C15H28N2O/c1-15(2,7-8-16)6-5-14(18)17-13-10-11-3-4-12(13)9-11/h11-13H,3-10,16H2,1-2H3,(H,17,18). The number of amides is 1. The lowest BCUT2D eigenvalue weighted by Gasteiger charge is -2.26. The van der Waals surface area contributed by atoms with Crippen molar-refractivity contribution in [3.05, 3.63) is 0 Å². The maximum absolute atomic E-state index is 12.0. The van der Waals surface area contributed by atoms with Gasteiger partial charge in [-0.2, -0.15) is 0 Å². The van der Waals surface area contributed by atoms with Crippen molar-refractivity contribution in [1.82, 2.24) is 5.32 Å². The summed E-state index contributed by atoms with van der Waals surface area (Å²) in [5, 5.41) is 3.25. The van der Waals surface area contributed by atoms with Gasteiger partial charge in [0.25, 0.3) is 0 Å². The van der Waals surface area contributed by atoms with E-state index in [0.717, 1.165) is 24.7 Å². The SMILES string of the molecule is CC(C)(CCN)CCC(=O)NC1CC2CCC1C2. The first kappa shape index (κ1) is 13.9. The molecule has 3 unspecified atom stereocenters. The molecule has 0 saturated heterocycles. The van der Waals surface area contributed by atoms with Crippen LogP contribution in [0.5, 0.6) is 0 Å². The Morgan fingerprint density at radius 1 is 1.28 bits per heavy atom. The number of hydrogen-bond acceptors (Lipinski definition) is 2. The quantitative estimate of drug-likeness (QED) is 0.763. The van der Waals surface area contributed by atoms with Crippen molar-refractivity contribution in [1.29, 1.82) is 0 Å². The van der Waals surface area contributed by atoms with Gasteiger partial charge < -0.3 is 11.1 Å². The Labute approximate surface area is 111 Å². The Kier molecular flexibility index (Phi) is 4.31. The van der Waals surface area contributed by atoms with Crippen LogP contribution in [-0.4, -0.2) is 18.5 Å². The molecular formula is C15H28N2O. The lowest BCUT2D eigenvalue weighted by molar-refractivity contribution is -0.122. The normalized spacial score (nSPS) is 30.7. The van der Waals surface area contributed by atoms with Crippen molar-refractivity contribution in [3.8, 4) is 0 Å². The largest absolute Gasteiger partial charge is 0.353 e. The first-order valence-corrected chi connectivity index (χ1v) is 7.49. The summed E-state index contributed by atoms with van der Waals surface area (Å²) < 4.78 is 0. The molecule has 3 nitrogen and oxygen atoms in total. The fraction of sp³-hybridized carbons (Fsp3) is 0.933. The van der Waals surface area contributed by atoms with Gasteiger partial charge in [-0.05, 0) is 55.9 Å². The highest BCUT2D eigenvalue weighted by atomic mass is 16.1. The van der Waals surface area contributed by atoms with Gasteiger partial charge in [-0.3, -0.25) is 4.79 Å². The second-order valence-corrected chi connectivity index (χ2v) is 7.05. The topological polar surface area (TPSA) is 55.1 Å². The monoisotopic (exact) mass is 252 g/mol. The molecule has 0 aromatic heterocycles. The molecule has 0 aromatic rings. The lowest BCUT2D eigenvalue weighted by atomic mass is 9.84. The molecule has 0 aliphatic heterocycles. The maximum Gasteiger partial charge on any atom is 0.220 e. The predicted molar refractivity (Wildman–Crippen MR) is 74.1 cm³/mol. The summed E-state index contributed by atoms with van der Waals surface area (Å²) in [6.45, 7) is 5.11. The molecule has 0 radical (unpaired) electrons. The van der Waals surface area contributed by atoms with E-state index in [4.69, 9.17) is 5.73 Å². The highest BCUT2D eigenvalue weighted by Gasteiger charge is 2.40. The number of rotatable bonds is 6. The molecule has 3 N–H and O–H groups in total. The van der Waals surface area contributed by atoms with Crippen LogP contribution in [0.25, 0.3) is 0 Å². The number of carbonyl (C=O) groups excluding carboxylic acids is 1. The minimum atomic E-state index is 0.195. The van der Waals surface area contributed by atoms with E-state index in [1.807, 2.05) is 0 Å². The van der Waals surface area contributed by atoms with Gasteiger partial charge in [0, 0.05) is 12.5 Å². The third kappa shape index (κ3) is 3.47. The summed E-state index contributed by atoms with van der Waals surface area (Å²) in [6, 6.07) is 0.480. The van der Waals surface area contributed by atoms with Crippen molar-refractivity contribution in [2.75, 3.05) is 6.54 Å². The third-order valence-corrected chi connectivity index (χ3v) is 4.93. The zero-order valence-corrected chi connectivity index (χ0v) is 11.9. The first-order chi connectivity index (χ1) is 8.50. The summed E-state index contributed by atoms with van der Waals surface area (Å²) >= 11 is 0. The molecule has 1 amide bonds. The average Bonchev–Trinajstić information content (AvgIpc) is 2.88. The number of nitrogens with two attached hydrogens (primary N) is 1. The molecule has 0 heterocycles. The molecule has 2 bridgehead atoms. The van der Waals surface area contributed by atoms with Crippen molar-refractivity contribution in [3.63, 3.8) is 0 Å². The Hall–Kier alpha value is -0.570. The van der Waals surface area contributed by atoms with Crippen LogP contribution in [0.3, 0.4) is 0 Å². The van der Waals surface area contributed by atoms with Crippen molar-refractivity contribution >= 4 is 5.91 Å². The van der Waals surface area contributed by atoms with Gasteiger partial charge in [0.05, 0.1) is 0 Å². The van der Waals surface area contributed by atoms with Gasteiger partial charge in [0.15, 0.2) is 0 Å². The summed E-state index contributed by atoms with van der Waals surface area (Å²) in [7, 11) is 0. The molecule has 0 spiro atoms. The van der Waals surface area contributed by atoms with Crippen LogP contribution in [0, 0.1) is 17.3 Å². The number of hydrogen-bond donors (Lipinski definition) is 2. The maximum atomic E-state index is 12.0. The Balaban J connectivity index is 1.69. The van der Waals surface area contributed by atoms with E-state index in [0.29, 0.717) is 19.0 Å². The van der Waals surface area contributed by atoms with Crippen LogP contribution in [0.1, 0.15) is 58.8 Å². The minimum absolute atomic E-state index is 0.195. The van der Waals surface area contributed by atoms with Crippen molar-refractivity contribution < 1.29 is 4.79 Å². The first-order valence-electron chi connectivity index (χ1n) is 7.49. The molecule has 0 aromatic carbocycles. The van der Waals surface area contributed by atoms with E-state index in [1.54, 1.807) is 0 Å². The van der Waals surface area contributed by atoms with Crippen LogP contribution in [0.2, 0.25) is 0 Å². The summed E-state index contributed by atoms with van der Waals surface area (Å²) in [6.07, 6.45) is 7.88. The third-order valence-electron chi connectivity index (χ3n) is 4.93. The van der Waals surface area contributed by atoms with Gasteiger partial charge in [-0.25, -0.2) is 0 Å². The Morgan fingerprint density at radius 3 is 2.61 bits per heavy atom. The van der Waals surface area contributed by atoms with Crippen LogP contribution >= 0.6 is 0 Å². The zero-order valence-electron chi connectivity index (χ0n) is 11.9. The van der Waals surface area contributed by atoms with Crippen LogP contribution in [0.15, 0.2) is 0 Å². The van der Waals surface area contributed by atoms with E-state index in [2.05, 4.69) is 19.2 Å². The molecule has 2 saturated carbocycles. The minimum Gasteiger partial charge on any atom is -0.353 e. The van der Waals surface area contributed by atoms with Gasteiger partial charge in [-0.15, -0.1) is 0 Å². The van der Waals surface area contributed by atoms with Gasteiger partial charge in [0.1, 0.15) is 0 Å². The second-order valence-electron chi connectivity index (χ2n) is 7.05. The highest BCUT2D eigenvalue weighted by Crippen LogP contribution is 2.44. The van der Waals surface area contributed by atoms with Crippen LogP contribution < -0.4 is 11.1 Å². The molecule has 2 aliphatic carbocycles. The van der Waals surface area contributed by atoms with Gasteiger partial charge in [0.2, 0.25) is 5.91 Å². The zero-order chi connectivity index (χ0) is 13.2. The van der Waals surface area contributed by atoms with E-state index < -0.39 is 0 Å². The Bertz CT molecular complexity index is 301. The molecular weight excluding hydrogens is 224 g/mol. The van der Waals surface area contributed by atoms with Gasteiger partial charge in [-0.1, -0.05) is 20.3 Å². The van der Waals surface area contributed by atoms with Crippen LogP contribution in [0.4, 0.5) is 0 Å². The summed E-state index contributed by atoms with van der Waals surface area (Å²) in [5.41, 5.74) is 5.79. The van der Waals surface area contributed by atoms with E-state index in [9.17, 15) is 4.79 Å². The summed E-state index contributed by atoms with van der Waals surface area (Å²) in [5.74, 6) is 1.92. The fourth-order valence-corrected chi connectivity index (χ4v) is 3.67. The van der Waals surface area contributed by atoms with E-state index in [-0.39, 0.29) is 11.3 Å². The Morgan fingerprint density at radius 2 is 2.06 bits per heavy atom. The van der Waals surface area contributed by atoms with Crippen molar-refractivity contribution in [2.24, 2.45) is 23.0 Å². The number of fused-ring (bicyclic) bond motifs is 2. The highest BCUT2D eigenvalue weighted by molar-refractivity contribution is 5.76. The molecule has 2 aliphatic rings. The van der Waals surface area contributed by atoms with Gasteiger partial charge >= 0.3 is 0 Å². The average molecular weight is 252 g/mol. The molecule has 2 rings (SSSR count). The number of carbonyl (C=O) groups is 1. The molecule has 3 heteroatoms. The molecule has 3 atom stereocenters.